The number of rotatable bonds is 3. The summed E-state index contributed by atoms with van der Waals surface area (Å²) in [5, 5.41) is 20.8. The molecular weight excluding hydrogens is 312 g/mol. The van der Waals surface area contributed by atoms with Crippen molar-refractivity contribution in [3.63, 3.8) is 0 Å². The summed E-state index contributed by atoms with van der Waals surface area (Å²) in [5.41, 5.74) is 2.60. The molecule has 2 aromatic rings. The van der Waals surface area contributed by atoms with Gasteiger partial charge in [-0.05, 0) is 36.7 Å². The Kier molecular flexibility index (Phi) is 4.19. The van der Waals surface area contributed by atoms with Gasteiger partial charge in [-0.1, -0.05) is 0 Å². The van der Waals surface area contributed by atoms with E-state index in [0.29, 0.717) is 10.6 Å². The van der Waals surface area contributed by atoms with Gasteiger partial charge in [-0.3, -0.25) is 10.1 Å². The minimum Gasteiger partial charge on any atom is -0.301 e. The van der Waals surface area contributed by atoms with Crippen LogP contribution in [0.4, 0.5) is 10.7 Å². The van der Waals surface area contributed by atoms with Crippen LogP contribution >= 0.6 is 11.3 Å². The topological polar surface area (TPSA) is 82.5 Å². The summed E-state index contributed by atoms with van der Waals surface area (Å²) in [4.78, 5) is 18.1. The Labute approximate surface area is 137 Å². The van der Waals surface area contributed by atoms with E-state index in [1.807, 2.05) is 0 Å². The molecule has 23 heavy (non-hydrogen) atoms. The second-order valence-corrected chi connectivity index (χ2v) is 6.47. The van der Waals surface area contributed by atoms with Crippen LogP contribution in [0, 0.1) is 21.4 Å². The summed E-state index contributed by atoms with van der Waals surface area (Å²) in [6.45, 7) is 1.80. The highest BCUT2D eigenvalue weighted by atomic mass is 32.1. The van der Waals surface area contributed by atoms with Crippen LogP contribution in [0.1, 0.15) is 21.6 Å². The van der Waals surface area contributed by atoms with Crippen molar-refractivity contribution in [2.75, 3.05) is 13.6 Å². The lowest BCUT2D eigenvalue weighted by molar-refractivity contribution is -0.384. The number of thiophene rings is 1. The van der Waals surface area contributed by atoms with E-state index < -0.39 is 4.92 Å². The molecule has 0 N–H and O–H groups in total. The molecule has 3 rings (SSSR count). The van der Waals surface area contributed by atoms with Crippen LogP contribution in [0.5, 0.6) is 0 Å². The normalized spacial score (nSPS) is 14.6. The van der Waals surface area contributed by atoms with Gasteiger partial charge >= 0.3 is 0 Å². The van der Waals surface area contributed by atoms with Gasteiger partial charge in [0, 0.05) is 36.3 Å². The predicted molar refractivity (Wildman–Crippen MR) is 89.4 cm³/mol. The van der Waals surface area contributed by atoms with Crippen LogP contribution in [0.25, 0.3) is 0 Å². The standard InChI is InChI=1S/C16H14N4O2S/c1-19-7-6-13-14(8-17)16(23-15(13)10-19)18-9-11-2-4-12(5-3-11)20(21)22/h2-5,9H,6-7,10H2,1H3. The molecule has 0 atom stereocenters. The average Bonchev–Trinajstić information content (AvgIpc) is 2.89. The highest BCUT2D eigenvalue weighted by Crippen LogP contribution is 2.38. The van der Waals surface area contributed by atoms with E-state index in [9.17, 15) is 15.4 Å². The van der Waals surface area contributed by atoms with Crippen LogP contribution in [0.2, 0.25) is 0 Å². The van der Waals surface area contributed by atoms with Gasteiger partial charge in [0.1, 0.15) is 11.1 Å². The van der Waals surface area contributed by atoms with Crippen LogP contribution in [0.3, 0.4) is 0 Å². The summed E-state index contributed by atoms with van der Waals surface area (Å²) in [7, 11) is 2.06. The number of nitro benzene ring substituents is 1. The van der Waals surface area contributed by atoms with Crippen molar-refractivity contribution in [3.05, 3.63) is 55.9 Å². The van der Waals surface area contributed by atoms with E-state index >= 15 is 0 Å². The van der Waals surface area contributed by atoms with Crippen LogP contribution < -0.4 is 0 Å². The fraction of sp³-hybridized carbons (Fsp3) is 0.250. The summed E-state index contributed by atoms with van der Waals surface area (Å²) in [6, 6.07) is 8.45. The Bertz CT molecular complexity index is 818. The number of hydrogen-bond acceptors (Lipinski definition) is 6. The Balaban J connectivity index is 1.88. The molecule has 1 aromatic carbocycles. The third-order valence-electron chi connectivity index (χ3n) is 3.78. The van der Waals surface area contributed by atoms with E-state index in [-0.39, 0.29) is 5.69 Å². The van der Waals surface area contributed by atoms with Gasteiger partial charge in [0.15, 0.2) is 0 Å². The van der Waals surface area contributed by atoms with E-state index in [0.717, 1.165) is 30.6 Å². The molecule has 0 fully saturated rings. The smallest absolute Gasteiger partial charge is 0.269 e. The molecule has 1 aliphatic rings. The lowest BCUT2D eigenvalue weighted by Gasteiger charge is -2.21. The lowest BCUT2D eigenvalue weighted by atomic mass is 10.0. The van der Waals surface area contributed by atoms with Crippen molar-refractivity contribution >= 4 is 28.2 Å². The third-order valence-corrected chi connectivity index (χ3v) is 4.90. The Morgan fingerprint density at radius 2 is 2.17 bits per heavy atom. The van der Waals surface area contributed by atoms with Crippen molar-refractivity contribution in [3.8, 4) is 6.07 Å². The summed E-state index contributed by atoms with van der Waals surface area (Å²) < 4.78 is 0. The second kappa shape index (κ2) is 6.28. The van der Waals surface area contributed by atoms with Crippen molar-refractivity contribution in [2.45, 2.75) is 13.0 Å². The van der Waals surface area contributed by atoms with E-state index in [2.05, 4.69) is 23.0 Å². The molecule has 1 aliphatic heterocycles. The van der Waals surface area contributed by atoms with Crippen molar-refractivity contribution in [1.82, 2.24) is 4.90 Å². The molecule has 7 heteroatoms. The minimum absolute atomic E-state index is 0.0505. The molecule has 1 aromatic heterocycles. The molecule has 0 spiro atoms. The van der Waals surface area contributed by atoms with Gasteiger partial charge in [0.05, 0.1) is 10.5 Å². The highest BCUT2D eigenvalue weighted by molar-refractivity contribution is 7.16. The fourth-order valence-electron chi connectivity index (χ4n) is 2.54. The maximum absolute atomic E-state index is 10.6. The third kappa shape index (κ3) is 3.13. The van der Waals surface area contributed by atoms with Crippen molar-refractivity contribution < 1.29 is 4.92 Å². The molecule has 0 amide bonds. The van der Waals surface area contributed by atoms with Gasteiger partial charge in [-0.15, -0.1) is 11.3 Å². The molecule has 0 saturated carbocycles. The van der Waals surface area contributed by atoms with Crippen LogP contribution in [0.15, 0.2) is 29.3 Å². The fourth-order valence-corrected chi connectivity index (χ4v) is 3.76. The maximum atomic E-state index is 10.6. The number of benzene rings is 1. The first-order chi connectivity index (χ1) is 11.1. The molecule has 6 nitrogen and oxygen atoms in total. The number of hydrogen-bond donors (Lipinski definition) is 0. The Morgan fingerprint density at radius 1 is 1.43 bits per heavy atom. The summed E-state index contributed by atoms with van der Waals surface area (Å²) in [6.07, 6.45) is 2.52. The zero-order valence-electron chi connectivity index (χ0n) is 12.5. The molecule has 2 heterocycles. The molecule has 0 unspecified atom stereocenters. The Hall–Kier alpha value is -2.56. The summed E-state index contributed by atoms with van der Waals surface area (Å²) in [5.74, 6) is 0. The first kappa shape index (κ1) is 15.3. The second-order valence-electron chi connectivity index (χ2n) is 5.39. The average molecular weight is 326 g/mol. The highest BCUT2D eigenvalue weighted by Gasteiger charge is 2.22. The number of nitro groups is 1. The first-order valence-electron chi connectivity index (χ1n) is 7.10. The zero-order chi connectivity index (χ0) is 16.4. The lowest BCUT2D eigenvalue weighted by Crippen LogP contribution is -2.25. The van der Waals surface area contributed by atoms with Crippen molar-refractivity contribution in [1.29, 1.82) is 5.26 Å². The molecule has 0 aliphatic carbocycles. The van der Waals surface area contributed by atoms with Crippen LogP contribution in [-0.2, 0) is 13.0 Å². The monoisotopic (exact) mass is 326 g/mol. The van der Waals surface area contributed by atoms with E-state index in [4.69, 9.17) is 0 Å². The molecule has 0 radical (unpaired) electrons. The molecule has 0 saturated heterocycles. The largest absolute Gasteiger partial charge is 0.301 e. The predicted octanol–water partition coefficient (Wildman–Crippen LogP) is 3.27. The number of aliphatic imine (C=N–C) groups is 1. The minimum atomic E-state index is -0.432. The van der Waals surface area contributed by atoms with Gasteiger partial charge in [-0.25, -0.2) is 4.99 Å². The van der Waals surface area contributed by atoms with E-state index in [1.54, 1.807) is 29.7 Å². The maximum Gasteiger partial charge on any atom is 0.269 e. The van der Waals surface area contributed by atoms with Crippen molar-refractivity contribution in [2.24, 2.45) is 4.99 Å². The number of likely N-dealkylation sites (N-methyl/N-ethyl adjacent to an activating group) is 1. The number of nitrogens with zero attached hydrogens (tertiary/aromatic N) is 4. The van der Waals surface area contributed by atoms with Gasteiger partial charge < -0.3 is 4.90 Å². The number of non-ortho nitro benzene ring substituents is 1. The number of fused-ring (bicyclic) bond motifs is 1. The Morgan fingerprint density at radius 3 is 2.83 bits per heavy atom. The van der Waals surface area contributed by atoms with Gasteiger partial charge in [-0.2, -0.15) is 5.26 Å². The SMILES string of the molecule is CN1CCc2c(sc(N=Cc3ccc([N+](=O)[O-])cc3)c2C#N)C1. The first-order valence-corrected chi connectivity index (χ1v) is 7.92. The quantitative estimate of drug-likeness (QED) is 0.492. The molecular formula is C16H14N4O2S. The summed E-state index contributed by atoms with van der Waals surface area (Å²) >= 11 is 1.55. The van der Waals surface area contributed by atoms with E-state index in [1.165, 1.54) is 17.0 Å². The zero-order valence-corrected chi connectivity index (χ0v) is 13.3. The van der Waals surface area contributed by atoms with Gasteiger partial charge in [0.2, 0.25) is 0 Å². The molecule has 116 valence electrons. The number of nitriles is 1. The van der Waals surface area contributed by atoms with Gasteiger partial charge in [0.25, 0.3) is 5.69 Å². The molecule has 0 bridgehead atoms. The van der Waals surface area contributed by atoms with Crippen LogP contribution in [-0.4, -0.2) is 29.6 Å².